The monoisotopic (exact) mass is 354 g/mol. The molecule has 0 aliphatic rings. The highest BCUT2D eigenvalue weighted by Crippen LogP contribution is 2.34. The van der Waals surface area contributed by atoms with Crippen LogP contribution in [0.5, 0.6) is 0 Å². The molecule has 0 fully saturated rings. The molecule has 5 nitrogen and oxygen atoms in total. The van der Waals surface area contributed by atoms with E-state index >= 15 is 0 Å². The third-order valence-corrected chi connectivity index (χ3v) is 5.29. The number of aromatic nitrogens is 4. The average Bonchev–Trinajstić information content (AvgIpc) is 3.12. The van der Waals surface area contributed by atoms with Gasteiger partial charge in [-0.1, -0.05) is 17.2 Å². The summed E-state index contributed by atoms with van der Waals surface area (Å²) in [5.74, 6) is 0.524. The van der Waals surface area contributed by atoms with Crippen LogP contribution in [0.15, 0.2) is 45.3 Å². The molecular formula is C17H14N4OS2. The average molecular weight is 354 g/mol. The van der Waals surface area contributed by atoms with E-state index in [1.54, 1.807) is 17.7 Å². The molecule has 0 amide bonds. The van der Waals surface area contributed by atoms with Crippen LogP contribution in [-0.2, 0) is 0 Å². The smallest absolute Gasteiger partial charge is 0.283 e. The zero-order valence-electron chi connectivity index (χ0n) is 13.4. The maximum absolute atomic E-state index is 5.82. The Morgan fingerprint density at radius 1 is 0.958 bits per heavy atom. The highest BCUT2D eigenvalue weighted by molar-refractivity contribution is 7.99. The van der Waals surface area contributed by atoms with Gasteiger partial charge in [-0.2, -0.15) is 0 Å². The molecule has 0 spiro atoms. The van der Waals surface area contributed by atoms with Gasteiger partial charge in [0.1, 0.15) is 16.2 Å². The van der Waals surface area contributed by atoms with E-state index in [0.717, 1.165) is 20.8 Å². The van der Waals surface area contributed by atoms with Crippen LogP contribution in [0.3, 0.4) is 0 Å². The minimum absolute atomic E-state index is 0.480. The van der Waals surface area contributed by atoms with Gasteiger partial charge in [-0.3, -0.25) is 0 Å². The summed E-state index contributed by atoms with van der Waals surface area (Å²) in [5, 5.41) is 10.7. The summed E-state index contributed by atoms with van der Waals surface area (Å²) in [6, 6.07) is 8.29. The quantitative estimate of drug-likeness (QED) is 0.492. The van der Waals surface area contributed by atoms with Crippen LogP contribution < -0.4 is 0 Å². The van der Waals surface area contributed by atoms with Crippen molar-refractivity contribution in [1.29, 1.82) is 0 Å². The summed E-state index contributed by atoms with van der Waals surface area (Å²) < 4.78 is 5.82. The lowest BCUT2D eigenvalue weighted by molar-refractivity contribution is 0.465. The Bertz CT molecular complexity index is 1020. The van der Waals surface area contributed by atoms with Crippen molar-refractivity contribution in [2.75, 3.05) is 0 Å². The van der Waals surface area contributed by atoms with Crippen molar-refractivity contribution < 1.29 is 4.42 Å². The largest absolute Gasteiger partial charge is 0.411 e. The van der Waals surface area contributed by atoms with E-state index in [0.29, 0.717) is 11.1 Å². The Labute approximate surface area is 147 Å². The van der Waals surface area contributed by atoms with Crippen molar-refractivity contribution in [1.82, 2.24) is 20.2 Å². The SMILES string of the molecule is Cc1cc(C)cc(-c2nnc(Sc3ncnc4sc(C)cc34)o2)c1. The number of aryl methyl sites for hydroxylation is 3. The molecule has 3 heterocycles. The van der Waals surface area contributed by atoms with Gasteiger partial charge in [-0.25, -0.2) is 9.97 Å². The predicted octanol–water partition coefficient (Wildman–Crippen LogP) is 4.82. The van der Waals surface area contributed by atoms with Crippen LogP contribution in [0.4, 0.5) is 0 Å². The third kappa shape index (κ3) is 2.92. The van der Waals surface area contributed by atoms with Gasteiger partial charge in [0.2, 0.25) is 5.89 Å². The summed E-state index contributed by atoms with van der Waals surface area (Å²) in [4.78, 5) is 10.8. The Hall–Kier alpha value is -2.25. The van der Waals surface area contributed by atoms with E-state index in [-0.39, 0.29) is 0 Å². The van der Waals surface area contributed by atoms with Gasteiger partial charge >= 0.3 is 0 Å². The number of nitrogens with zero attached hydrogens (tertiary/aromatic N) is 4. The maximum Gasteiger partial charge on any atom is 0.283 e. The number of rotatable bonds is 3. The molecule has 24 heavy (non-hydrogen) atoms. The molecule has 0 bridgehead atoms. The fraction of sp³-hybridized carbons (Fsp3) is 0.176. The van der Waals surface area contributed by atoms with Crippen molar-refractivity contribution in [3.63, 3.8) is 0 Å². The molecule has 0 aliphatic carbocycles. The minimum Gasteiger partial charge on any atom is -0.411 e. The van der Waals surface area contributed by atoms with E-state index in [2.05, 4.69) is 53.1 Å². The molecule has 0 atom stereocenters. The molecule has 0 unspecified atom stereocenters. The highest BCUT2D eigenvalue weighted by Gasteiger charge is 2.14. The molecule has 1 aromatic carbocycles. The van der Waals surface area contributed by atoms with Crippen LogP contribution in [0.1, 0.15) is 16.0 Å². The van der Waals surface area contributed by atoms with Crippen molar-refractivity contribution in [3.05, 3.63) is 46.6 Å². The zero-order chi connectivity index (χ0) is 16.7. The van der Waals surface area contributed by atoms with Crippen LogP contribution in [0, 0.1) is 20.8 Å². The molecule has 0 saturated heterocycles. The fourth-order valence-electron chi connectivity index (χ4n) is 2.58. The molecule has 0 saturated carbocycles. The molecule has 3 aromatic heterocycles. The minimum atomic E-state index is 0.480. The Morgan fingerprint density at radius 2 is 1.75 bits per heavy atom. The maximum atomic E-state index is 5.82. The molecule has 0 radical (unpaired) electrons. The van der Waals surface area contributed by atoms with Crippen molar-refractivity contribution in [2.24, 2.45) is 0 Å². The van der Waals surface area contributed by atoms with E-state index in [1.807, 2.05) is 12.1 Å². The van der Waals surface area contributed by atoms with Crippen LogP contribution in [0.2, 0.25) is 0 Å². The van der Waals surface area contributed by atoms with Crippen LogP contribution in [0.25, 0.3) is 21.7 Å². The Morgan fingerprint density at radius 3 is 2.54 bits per heavy atom. The number of benzene rings is 1. The normalized spacial score (nSPS) is 11.3. The molecule has 120 valence electrons. The first-order chi connectivity index (χ1) is 11.6. The summed E-state index contributed by atoms with van der Waals surface area (Å²) in [6.45, 7) is 6.17. The second-order valence-corrected chi connectivity index (χ2v) is 7.78. The van der Waals surface area contributed by atoms with Gasteiger partial charge in [0, 0.05) is 15.8 Å². The van der Waals surface area contributed by atoms with Gasteiger partial charge in [0.15, 0.2) is 0 Å². The molecule has 4 rings (SSSR count). The summed E-state index contributed by atoms with van der Waals surface area (Å²) >= 11 is 3.02. The van der Waals surface area contributed by atoms with Crippen molar-refractivity contribution in [2.45, 2.75) is 31.0 Å². The summed E-state index contributed by atoms with van der Waals surface area (Å²) in [7, 11) is 0. The number of hydrogen-bond donors (Lipinski definition) is 0. The molecule has 7 heteroatoms. The Kier molecular flexibility index (Phi) is 3.82. The third-order valence-electron chi connectivity index (χ3n) is 3.48. The van der Waals surface area contributed by atoms with Crippen molar-refractivity contribution in [3.8, 4) is 11.5 Å². The van der Waals surface area contributed by atoms with E-state index < -0.39 is 0 Å². The lowest BCUT2D eigenvalue weighted by atomic mass is 10.1. The van der Waals surface area contributed by atoms with Gasteiger partial charge in [0.05, 0.1) is 0 Å². The van der Waals surface area contributed by atoms with Crippen LogP contribution >= 0.6 is 23.1 Å². The molecule has 0 aliphatic heterocycles. The fourth-order valence-corrected chi connectivity index (χ4v) is 4.23. The van der Waals surface area contributed by atoms with E-state index in [9.17, 15) is 0 Å². The van der Waals surface area contributed by atoms with Crippen LogP contribution in [-0.4, -0.2) is 20.2 Å². The number of fused-ring (bicyclic) bond motifs is 1. The van der Waals surface area contributed by atoms with Gasteiger partial charge in [-0.05, 0) is 50.7 Å². The molecule has 4 aromatic rings. The topological polar surface area (TPSA) is 64.7 Å². The first-order valence-electron chi connectivity index (χ1n) is 7.39. The summed E-state index contributed by atoms with van der Waals surface area (Å²) in [6.07, 6.45) is 1.57. The molecule has 0 N–H and O–H groups in total. The zero-order valence-corrected chi connectivity index (χ0v) is 15.0. The lowest BCUT2D eigenvalue weighted by Gasteiger charge is -2.00. The van der Waals surface area contributed by atoms with E-state index in [1.165, 1.54) is 27.8 Å². The van der Waals surface area contributed by atoms with Gasteiger partial charge in [-0.15, -0.1) is 21.5 Å². The van der Waals surface area contributed by atoms with E-state index in [4.69, 9.17) is 4.42 Å². The summed E-state index contributed by atoms with van der Waals surface area (Å²) in [5.41, 5.74) is 3.28. The number of hydrogen-bond acceptors (Lipinski definition) is 7. The first-order valence-corrected chi connectivity index (χ1v) is 9.03. The number of thiophene rings is 1. The molecular weight excluding hydrogens is 340 g/mol. The predicted molar refractivity (Wildman–Crippen MR) is 95.5 cm³/mol. The lowest BCUT2D eigenvalue weighted by Crippen LogP contribution is -1.83. The van der Waals surface area contributed by atoms with Crippen molar-refractivity contribution >= 4 is 33.3 Å². The van der Waals surface area contributed by atoms with Gasteiger partial charge in [0.25, 0.3) is 5.22 Å². The second-order valence-electron chi connectivity index (χ2n) is 5.61. The standard InChI is InChI=1S/C17H14N4OS2/c1-9-4-10(2)6-12(5-9)14-20-21-17(22-14)24-16-13-7-11(3)23-15(13)18-8-19-16/h4-8H,1-3H3. The van der Waals surface area contributed by atoms with Gasteiger partial charge < -0.3 is 4.42 Å². The Balaban J connectivity index is 1.67. The first kappa shape index (κ1) is 15.3. The highest BCUT2D eigenvalue weighted by atomic mass is 32.2. The second kappa shape index (κ2) is 5.99.